The van der Waals surface area contributed by atoms with Crippen molar-refractivity contribution in [3.8, 4) is 23.0 Å². The van der Waals surface area contributed by atoms with Crippen LogP contribution in [0, 0.1) is 11.3 Å². The molecule has 234 valence electrons. The minimum atomic E-state index is -0.308. The highest BCUT2D eigenvalue weighted by molar-refractivity contribution is 9.11. The zero-order valence-electron chi connectivity index (χ0n) is 25.4. The number of halogens is 4. The molecule has 0 aliphatic heterocycles. The van der Waals surface area contributed by atoms with E-state index in [1.165, 1.54) is 17.5 Å². The number of aromatic hydroxyl groups is 4. The van der Waals surface area contributed by atoms with Crippen molar-refractivity contribution >= 4 is 63.7 Å². The lowest BCUT2D eigenvalue weighted by molar-refractivity contribution is 0.127. The van der Waals surface area contributed by atoms with Crippen molar-refractivity contribution < 1.29 is 20.4 Å². The topological polar surface area (TPSA) is 80.9 Å². The first kappa shape index (κ1) is 34.9. The molecule has 5 rings (SSSR count). The smallest absolute Gasteiger partial charge is 0.143 e. The van der Waals surface area contributed by atoms with Crippen LogP contribution in [0.5, 0.6) is 23.0 Å². The maximum absolute atomic E-state index is 9.85. The predicted molar refractivity (Wildman–Crippen MR) is 193 cm³/mol. The first-order valence-corrected chi connectivity index (χ1v) is 17.6. The van der Waals surface area contributed by atoms with Crippen LogP contribution in [0.15, 0.2) is 90.7 Å². The zero-order chi connectivity index (χ0) is 32.6. The Hall–Kier alpha value is -2.00. The summed E-state index contributed by atoms with van der Waals surface area (Å²) in [7, 11) is 0. The standard InChI is InChI=1S/C21H26O2.C15H12Br4O2/c1-15-12-20(2,3)14-21(13-15,16-4-8-18(22)9-5-16)17-6-10-19(23)11-7-17;1-15(2,7-3-9(16)13(20)10(17)4-7)8-5-11(18)14(21)12(19)6-8/h4-11,15,22-23H,12-14H2,1-3H3;3-6,20-21H,1-2H3. The number of phenols is 4. The second-order valence-corrected chi connectivity index (χ2v) is 16.6. The molecule has 8 heteroatoms. The largest absolute Gasteiger partial charge is 0.508 e. The van der Waals surface area contributed by atoms with Crippen molar-refractivity contribution in [2.24, 2.45) is 11.3 Å². The third-order valence-electron chi connectivity index (χ3n) is 8.70. The summed E-state index contributed by atoms with van der Waals surface area (Å²) in [5.41, 5.74) is 4.45. The molecule has 1 unspecified atom stereocenters. The van der Waals surface area contributed by atoms with E-state index >= 15 is 0 Å². The van der Waals surface area contributed by atoms with E-state index in [1.807, 2.05) is 24.3 Å². The Morgan fingerprint density at radius 1 is 0.614 bits per heavy atom. The van der Waals surface area contributed by atoms with E-state index in [-0.39, 0.29) is 27.7 Å². The third-order valence-corrected chi connectivity index (χ3v) is 11.1. The lowest BCUT2D eigenvalue weighted by atomic mass is 9.55. The average molecular weight is 854 g/mol. The van der Waals surface area contributed by atoms with Crippen LogP contribution in [-0.4, -0.2) is 20.4 Å². The molecule has 1 fully saturated rings. The molecule has 0 radical (unpaired) electrons. The second-order valence-electron chi connectivity index (χ2n) is 13.2. The fraction of sp³-hybridized carbons (Fsp3) is 0.333. The molecular weight excluding hydrogens is 816 g/mol. The second kappa shape index (κ2) is 13.4. The molecule has 1 aliphatic rings. The van der Waals surface area contributed by atoms with Gasteiger partial charge >= 0.3 is 0 Å². The van der Waals surface area contributed by atoms with E-state index in [1.54, 1.807) is 24.3 Å². The molecule has 0 heterocycles. The fourth-order valence-corrected chi connectivity index (χ4v) is 9.13. The van der Waals surface area contributed by atoms with Crippen molar-refractivity contribution in [1.82, 2.24) is 0 Å². The average Bonchev–Trinajstić information content (AvgIpc) is 2.94. The van der Waals surface area contributed by atoms with Crippen LogP contribution in [0.2, 0.25) is 0 Å². The molecule has 0 spiro atoms. The van der Waals surface area contributed by atoms with Crippen LogP contribution in [0.25, 0.3) is 0 Å². The molecule has 0 amide bonds. The van der Waals surface area contributed by atoms with E-state index in [9.17, 15) is 20.4 Å². The third kappa shape index (κ3) is 7.51. The maximum atomic E-state index is 9.85. The normalized spacial score (nSPS) is 17.4. The first-order chi connectivity index (χ1) is 20.4. The van der Waals surface area contributed by atoms with Crippen molar-refractivity contribution in [2.45, 2.75) is 64.7 Å². The molecule has 4 aromatic rings. The van der Waals surface area contributed by atoms with Crippen LogP contribution < -0.4 is 0 Å². The van der Waals surface area contributed by atoms with Crippen LogP contribution in [0.3, 0.4) is 0 Å². The molecule has 1 saturated carbocycles. The Kier molecular flexibility index (Phi) is 10.6. The van der Waals surface area contributed by atoms with Crippen molar-refractivity contribution in [3.63, 3.8) is 0 Å². The number of phenolic OH excluding ortho intramolecular Hbond substituents is 4. The summed E-state index contributed by atoms with van der Waals surface area (Å²) in [6, 6.07) is 22.9. The van der Waals surface area contributed by atoms with Gasteiger partial charge in [0, 0.05) is 10.8 Å². The fourth-order valence-electron chi connectivity index (χ4n) is 6.76. The van der Waals surface area contributed by atoms with E-state index in [4.69, 9.17) is 0 Å². The highest BCUT2D eigenvalue weighted by Crippen LogP contribution is 2.53. The van der Waals surface area contributed by atoms with Crippen molar-refractivity contribution in [1.29, 1.82) is 0 Å². The highest BCUT2D eigenvalue weighted by Gasteiger charge is 2.45. The van der Waals surface area contributed by atoms with Gasteiger partial charge in [-0.1, -0.05) is 58.9 Å². The van der Waals surface area contributed by atoms with E-state index < -0.39 is 0 Å². The monoisotopic (exact) mass is 850 g/mol. The van der Waals surface area contributed by atoms with Crippen LogP contribution in [0.4, 0.5) is 0 Å². The minimum absolute atomic E-state index is 0.0669. The van der Waals surface area contributed by atoms with Gasteiger partial charge in [0.15, 0.2) is 0 Å². The van der Waals surface area contributed by atoms with Gasteiger partial charge in [0.1, 0.15) is 23.0 Å². The SMILES string of the molecule is CC(C)(c1cc(Br)c(O)c(Br)c1)c1cc(Br)c(O)c(Br)c1.CC1CC(C)(C)CC(c2ccc(O)cc2)(c2ccc(O)cc2)C1. The summed E-state index contributed by atoms with van der Waals surface area (Å²) >= 11 is 13.5. The lowest BCUT2D eigenvalue weighted by Crippen LogP contribution is -2.41. The van der Waals surface area contributed by atoms with Gasteiger partial charge in [-0.25, -0.2) is 0 Å². The van der Waals surface area contributed by atoms with Gasteiger partial charge in [0.25, 0.3) is 0 Å². The predicted octanol–water partition coefficient (Wildman–Crippen LogP) is 11.7. The van der Waals surface area contributed by atoms with Crippen LogP contribution in [-0.2, 0) is 10.8 Å². The summed E-state index contributed by atoms with van der Waals surface area (Å²) in [6.07, 6.45) is 3.39. The summed E-state index contributed by atoms with van der Waals surface area (Å²) in [5.74, 6) is 1.60. The van der Waals surface area contributed by atoms with Gasteiger partial charge < -0.3 is 20.4 Å². The Balaban J connectivity index is 0.000000202. The van der Waals surface area contributed by atoms with Gasteiger partial charge in [-0.15, -0.1) is 0 Å². The van der Waals surface area contributed by atoms with Gasteiger partial charge in [-0.3, -0.25) is 0 Å². The lowest BCUT2D eigenvalue weighted by Gasteiger charge is -2.48. The van der Waals surface area contributed by atoms with E-state index in [0.29, 0.717) is 35.3 Å². The molecule has 0 aromatic heterocycles. The Labute approximate surface area is 294 Å². The van der Waals surface area contributed by atoms with E-state index in [0.717, 1.165) is 24.0 Å². The summed E-state index contributed by atoms with van der Waals surface area (Å²) < 4.78 is 2.54. The zero-order valence-corrected chi connectivity index (χ0v) is 31.8. The van der Waals surface area contributed by atoms with Gasteiger partial charge in [0.05, 0.1) is 17.9 Å². The molecule has 4 aromatic carbocycles. The quantitative estimate of drug-likeness (QED) is 0.165. The van der Waals surface area contributed by atoms with Crippen molar-refractivity contribution in [2.75, 3.05) is 0 Å². The molecular formula is C36H38Br4O4. The maximum Gasteiger partial charge on any atom is 0.143 e. The number of rotatable bonds is 4. The number of hydrogen-bond acceptors (Lipinski definition) is 4. The highest BCUT2D eigenvalue weighted by atomic mass is 79.9. The summed E-state index contributed by atoms with van der Waals surface area (Å²) in [5, 5.41) is 39.0. The summed E-state index contributed by atoms with van der Waals surface area (Å²) in [6.45, 7) is 11.2. The Morgan fingerprint density at radius 3 is 1.27 bits per heavy atom. The molecule has 4 N–H and O–H groups in total. The minimum Gasteiger partial charge on any atom is -0.508 e. The van der Waals surface area contributed by atoms with Gasteiger partial charge in [0.2, 0.25) is 0 Å². The Morgan fingerprint density at radius 2 is 0.955 bits per heavy atom. The van der Waals surface area contributed by atoms with E-state index in [2.05, 4.69) is 123 Å². The molecule has 1 aliphatic carbocycles. The van der Waals surface area contributed by atoms with Gasteiger partial charge in [-0.05, 0) is 165 Å². The molecule has 44 heavy (non-hydrogen) atoms. The Bertz CT molecular complexity index is 1480. The van der Waals surface area contributed by atoms with Crippen molar-refractivity contribution in [3.05, 3.63) is 113 Å². The number of benzene rings is 4. The van der Waals surface area contributed by atoms with Gasteiger partial charge in [-0.2, -0.15) is 0 Å². The molecule has 0 saturated heterocycles. The molecule has 4 nitrogen and oxygen atoms in total. The first-order valence-electron chi connectivity index (χ1n) is 14.4. The number of hydrogen-bond donors (Lipinski definition) is 4. The molecule has 0 bridgehead atoms. The molecule has 1 atom stereocenters. The summed E-state index contributed by atoms with van der Waals surface area (Å²) in [4.78, 5) is 0. The van der Waals surface area contributed by atoms with Crippen LogP contribution in [0.1, 0.15) is 76.1 Å². The van der Waals surface area contributed by atoms with Crippen LogP contribution >= 0.6 is 63.7 Å².